The van der Waals surface area contributed by atoms with Gasteiger partial charge in [0.1, 0.15) is 5.82 Å². The van der Waals surface area contributed by atoms with Crippen molar-refractivity contribution in [3.05, 3.63) is 65.4 Å². The van der Waals surface area contributed by atoms with E-state index < -0.39 is 5.97 Å². The molecule has 0 spiro atoms. The zero-order chi connectivity index (χ0) is 19.9. The van der Waals surface area contributed by atoms with Crippen molar-refractivity contribution in [1.29, 1.82) is 0 Å². The van der Waals surface area contributed by atoms with Crippen LogP contribution in [0.4, 0.5) is 0 Å². The summed E-state index contributed by atoms with van der Waals surface area (Å²) in [4.78, 5) is 20.4. The van der Waals surface area contributed by atoms with Crippen LogP contribution in [0.3, 0.4) is 0 Å². The van der Waals surface area contributed by atoms with E-state index >= 15 is 0 Å². The van der Waals surface area contributed by atoms with Crippen molar-refractivity contribution in [1.82, 2.24) is 19.7 Å². The Kier molecular flexibility index (Phi) is 6.53. The number of unbranched alkanes of at least 4 members (excludes halogenated alkanes) is 1. The van der Waals surface area contributed by atoms with Crippen molar-refractivity contribution in [2.75, 3.05) is 0 Å². The Labute approximate surface area is 165 Å². The van der Waals surface area contributed by atoms with Crippen molar-refractivity contribution in [3.63, 3.8) is 0 Å². The third-order valence-electron chi connectivity index (χ3n) is 4.62. The molecule has 1 N–H and O–H groups in total. The van der Waals surface area contributed by atoms with E-state index in [0.29, 0.717) is 12.2 Å². The van der Waals surface area contributed by atoms with Crippen LogP contribution in [0.25, 0.3) is 11.3 Å². The van der Waals surface area contributed by atoms with Crippen molar-refractivity contribution < 1.29 is 9.90 Å². The summed E-state index contributed by atoms with van der Waals surface area (Å²) in [5.74, 6) is 0.968. The van der Waals surface area contributed by atoms with Crippen LogP contribution in [0.15, 0.2) is 42.6 Å². The van der Waals surface area contributed by atoms with Gasteiger partial charge in [-0.15, -0.1) is 0 Å². The molecule has 146 valence electrons. The highest BCUT2D eigenvalue weighted by Crippen LogP contribution is 2.22. The highest BCUT2D eigenvalue weighted by Gasteiger charge is 2.13. The van der Waals surface area contributed by atoms with E-state index in [4.69, 9.17) is 10.1 Å². The third kappa shape index (κ3) is 4.63. The van der Waals surface area contributed by atoms with E-state index in [-0.39, 0.29) is 5.56 Å². The minimum Gasteiger partial charge on any atom is -0.478 e. The number of benzene rings is 1. The summed E-state index contributed by atoms with van der Waals surface area (Å²) < 4.78 is 1.99. The maximum atomic E-state index is 11.4. The Balaban J connectivity index is 1.81. The van der Waals surface area contributed by atoms with Gasteiger partial charge in [0.25, 0.3) is 0 Å². The van der Waals surface area contributed by atoms with Gasteiger partial charge in [0.15, 0.2) is 5.82 Å². The Morgan fingerprint density at radius 1 is 1.07 bits per heavy atom. The van der Waals surface area contributed by atoms with E-state index in [2.05, 4.69) is 18.8 Å². The smallest absolute Gasteiger partial charge is 0.337 e. The lowest BCUT2D eigenvalue weighted by Gasteiger charge is -2.08. The molecule has 1 aromatic carbocycles. The zero-order valence-corrected chi connectivity index (χ0v) is 16.4. The highest BCUT2D eigenvalue weighted by molar-refractivity contribution is 5.94. The summed E-state index contributed by atoms with van der Waals surface area (Å²) in [6.45, 7) is 4.97. The molecule has 0 saturated carbocycles. The fourth-order valence-corrected chi connectivity index (χ4v) is 3.15. The first-order chi connectivity index (χ1) is 13.6. The molecule has 28 heavy (non-hydrogen) atoms. The van der Waals surface area contributed by atoms with Crippen molar-refractivity contribution in [2.24, 2.45) is 0 Å². The molecule has 0 aliphatic heterocycles. The number of hydrogen-bond acceptors (Lipinski definition) is 4. The van der Waals surface area contributed by atoms with Gasteiger partial charge in [0, 0.05) is 24.6 Å². The molecule has 0 atom stereocenters. The van der Waals surface area contributed by atoms with Gasteiger partial charge in [0.05, 0.1) is 17.8 Å². The van der Waals surface area contributed by atoms with E-state index in [1.165, 1.54) is 0 Å². The molecule has 6 heteroatoms. The summed E-state index contributed by atoms with van der Waals surface area (Å²) in [6, 6.07) is 11.0. The lowest BCUT2D eigenvalue weighted by Crippen LogP contribution is -2.07. The van der Waals surface area contributed by atoms with Gasteiger partial charge in [0.2, 0.25) is 0 Å². The Morgan fingerprint density at radius 3 is 2.54 bits per heavy atom. The second kappa shape index (κ2) is 9.26. The molecule has 0 amide bonds. The standard InChI is InChI=1S/C22H26N4O2/c1-3-5-9-19-24-20(7-4-2)26(25-19)15-16-10-12-17(13-11-16)21-18(22(27)28)8-6-14-23-21/h6,8,10-14H,3-5,7,9,15H2,1-2H3,(H,27,28). The number of rotatable bonds is 9. The number of aryl methyl sites for hydroxylation is 2. The fourth-order valence-electron chi connectivity index (χ4n) is 3.15. The summed E-state index contributed by atoms with van der Waals surface area (Å²) in [5, 5.41) is 14.1. The van der Waals surface area contributed by atoms with Gasteiger partial charge in [-0.2, -0.15) is 5.10 Å². The first-order valence-corrected chi connectivity index (χ1v) is 9.82. The van der Waals surface area contributed by atoms with E-state index in [0.717, 1.165) is 54.9 Å². The highest BCUT2D eigenvalue weighted by atomic mass is 16.4. The minimum absolute atomic E-state index is 0.206. The maximum absolute atomic E-state index is 11.4. The molecule has 2 heterocycles. The molecular weight excluding hydrogens is 352 g/mol. The molecule has 0 bridgehead atoms. The topological polar surface area (TPSA) is 80.9 Å². The maximum Gasteiger partial charge on any atom is 0.337 e. The van der Waals surface area contributed by atoms with Crippen LogP contribution in [0, 0.1) is 0 Å². The second-order valence-corrected chi connectivity index (χ2v) is 6.86. The summed E-state index contributed by atoms with van der Waals surface area (Å²) in [5.41, 5.74) is 2.58. The largest absolute Gasteiger partial charge is 0.478 e. The number of hydrogen-bond donors (Lipinski definition) is 1. The zero-order valence-electron chi connectivity index (χ0n) is 16.4. The van der Waals surface area contributed by atoms with Gasteiger partial charge in [-0.3, -0.25) is 4.98 Å². The molecule has 0 saturated heterocycles. The predicted molar refractivity (Wildman–Crippen MR) is 108 cm³/mol. The van der Waals surface area contributed by atoms with Gasteiger partial charge in [-0.1, -0.05) is 44.5 Å². The number of aromatic carboxylic acids is 1. The van der Waals surface area contributed by atoms with Crippen LogP contribution >= 0.6 is 0 Å². The van der Waals surface area contributed by atoms with Crippen LogP contribution in [0.2, 0.25) is 0 Å². The Morgan fingerprint density at radius 2 is 1.86 bits per heavy atom. The van der Waals surface area contributed by atoms with E-state index in [1.807, 2.05) is 28.9 Å². The summed E-state index contributed by atoms with van der Waals surface area (Å²) in [7, 11) is 0. The lowest BCUT2D eigenvalue weighted by atomic mass is 10.0. The second-order valence-electron chi connectivity index (χ2n) is 6.86. The molecule has 0 aliphatic carbocycles. The Hall–Kier alpha value is -3.02. The first-order valence-electron chi connectivity index (χ1n) is 9.82. The van der Waals surface area contributed by atoms with Crippen LogP contribution < -0.4 is 0 Å². The molecular formula is C22H26N4O2. The van der Waals surface area contributed by atoms with E-state index in [1.54, 1.807) is 18.3 Å². The first kappa shape index (κ1) is 19.7. The van der Waals surface area contributed by atoms with Crippen LogP contribution in [0.5, 0.6) is 0 Å². The fraction of sp³-hybridized carbons (Fsp3) is 0.364. The number of nitrogens with zero attached hydrogens (tertiary/aromatic N) is 4. The van der Waals surface area contributed by atoms with Gasteiger partial charge >= 0.3 is 5.97 Å². The number of carbonyl (C=O) groups is 1. The molecule has 3 rings (SSSR count). The van der Waals surface area contributed by atoms with Crippen molar-refractivity contribution in [2.45, 2.75) is 52.5 Å². The average molecular weight is 378 g/mol. The number of aromatic nitrogens is 4. The molecule has 2 aromatic heterocycles. The molecule has 0 unspecified atom stereocenters. The minimum atomic E-state index is -0.974. The summed E-state index contributed by atoms with van der Waals surface area (Å²) in [6.07, 6.45) is 6.69. The number of carboxylic acid groups (broad SMARTS) is 1. The molecule has 6 nitrogen and oxygen atoms in total. The van der Waals surface area contributed by atoms with Crippen LogP contribution in [0.1, 0.15) is 60.7 Å². The van der Waals surface area contributed by atoms with Crippen LogP contribution in [-0.4, -0.2) is 30.8 Å². The normalized spacial score (nSPS) is 10.9. The van der Waals surface area contributed by atoms with Crippen LogP contribution in [-0.2, 0) is 19.4 Å². The van der Waals surface area contributed by atoms with Gasteiger partial charge in [-0.05, 0) is 30.5 Å². The Bertz CT molecular complexity index is 932. The average Bonchev–Trinajstić information content (AvgIpc) is 3.08. The van der Waals surface area contributed by atoms with Gasteiger partial charge < -0.3 is 5.11 Å². The molecule has 0 fully saturated rings. The monoisotopic (exact) mass is 378 g/mol. The summed E-state index contributed by atoms with van der Waals surface area (Å²) >= 11 is 0. The van der Waals surface area contributed by atoms with Crippen molar-refractivity contribution >= 4 is 5.97 Å². The SMILES string of the molecule is CCCCc1nc(CCC)n(Cc2ccc(-c3ncccc3C(=O)O)cc2)n1. The van der Waals surface area contributed by atoms with Gasteiger partial charge in [-0.25, -0.2) is 14.5 Å². The quantitative estimate of drug-likeness (QED) is 0.597. The number of carboxylic acids is 1. The number of pyridine rings is 1. The van der Waals surface area contributed by atoms with E-state index in [9.17, 15) is 9.90 Å². The molecule has 0 aliphatic rings. The molecule has 3 aromatic rings. The lowest BCUT2D eigenvalue weighted by molar-refractivity contribution is 0.0697. The third-order valence-corrected chi connectivity index (χ3v) is 4.62. The molecule has 0 radical (unpaired) electrons. The predicted octanol–water partition coefficient (Wildman–Crippen LogP) is 4.38. The van der Waals surface area contributed by atoms with Crippen molar-refractivity contribution in [3.8, 4) is 11.3 Å².